The standard InChI is InChI=1S/C38H44N2O4/c1-30(33-20-12-6-13-21-33)39(28-31-16-8-4-9-17-31)35(26-37(41)43-2)24-25-36(27-38(42)44-3)40(34-22-14-7-15-23-34)29-32-18-10-5-11-19-32/h4-23,30,35-36H,24-29H2,1-3H3/t30-,35?,36?/m1/s1. The molecule has 0 fully saturated rings. The SMILES string of the molecule is COC(=O)CC(CCC(CC(=O)OC)N(Cc1ccccc1)[C@H](C)c1ccccc1)N(Cc1ccccc1)c1ccccc1. The summed E-state index contributed by atoms with van der Waals surface area (Å²) in [4.78, 5) is 30.4. The molecule has 0 spiro atoms. The molecule has 2 unspecified atom stereocenters. The van der Waals surface area contributed by atoms with E-state index in [1.807, 2.05) is 60.7 Å². The first-order valence-electron chi connectivity index (χ1n) is 15.3. The van der Waals surface area contributed by atoms with Gasteiger partial charge in [-0.25, -0.2) is 0 Å². The van der Waals surface area contributed by atoms with Gasteiger partial charge in [-0.05, 0) is 48.6 Å². The van der Waals surface area contributed by atoms with Crippen molar-refractivity contribution >= 4 is 17.6 Å². The van der Waals surface area contributed by atoms with Crippen LogP contribution in [0.2, 0.25) is 0 Å². The van der Waals surface area contributed by atoms with Crippen molar-refractivity contribution in [2.75, 3.05) is 19.1 Å². The number of nitrogens with zero attached hydrogens (tertiary/aromatic N) is 2. The monoisotopic (exact) mass is 592 g/mol. The zero-order chi connectivity index (χ0) is 31.1. The van der Waals surface area contributed by atoms with E-state index in [9.17, 15) is 9.59 Å². The lowest BCUT2D eigenvalue weighted by Crippen LogP contribution is -2.42. The summed E-state index contributed by atoms with van der Waals surface area (Å²) in [5, 5.41) is 0. The third-order valence-corrected chi connectivity index (χ3v) is 8.27. The van der Waals surface area contributed by atoms with E-state index < -0.39 is 0 Å². The van der Waals surface area contributed by atoms with Gasteiger partial charge in [-0.2, -0.15) is 0 Å². The minimum Gasteiger partial charge on any atom is -0.469 e. The molecule has 6 heteroatoms. The van der Waals surface area contributed by atoms with Crippen LogP contribution in [0, 0.1) is 0 Å². The summed E-state index contributed by atoms with van der Waals surface area (Å²) in [5.74, 6) is -0.505. The second-order valence-electron chi connectivity index (χ2n) is 11.1. The Bertz CT molecular complexity index is 1400. The Morgan fingerprint density at radius 1 is 0.591 bits per heavy atom. The van der Waals surface area contributed by atoms with Crippen molar-refractivity contribution in [2.45, 2.75) is 63.8 Å². The lowest BCUT2D eigenvalue weighted by atomic mass is 9.95. The zero-order valence-electron chi connectivity index (χ0n) is 26.0. The smallest absolute Gasteiger partial charge is 0.307 e. The average Bonchev–Trinajstić information content (AvgIpc) is 3.08. The van der Waals surface area contributed by atoms with Crippen LogP contribution < -0.4 is 4.90 Å². The molecular weight excluding hydrogens is 548 g/mol. The molecule has 0 aromatic heterocycles. The number of esters is 2. The molecule has 4 aromatic rings. The normalized spacial score (nSPS) is 13.1. The first-order chi connectivity index (χ1) is 21.5. The Hall–Kier alpha value is -4.42. The van der Waals surface area contributed by atoms with Crippen molar-refractivity contribution in [1.82, 2.24) is 4.90 Å². The third-order valence-electron chi connectivity index (χ3n) is 8.27. The maximum atomic E-state index is 12.9. The number of carbonyl (C=O) groups excluding carboxylic acids is 2. The molecule has 0 N–H and O–H groups in total. The van der Waals surface area contributed by atoms with Gasteiger partial charge in [0.2, 0.25) is 0 Å². The Labute approximate surface area is 262 Å². The Morgan fingerprint density at radius 2 is 1.02 bits per heavy atom. The number of benzene rings is 4. The number of methoxy groups -OCH3 is 2. The van der Waals surface area contributed by atoms with Gasteiger partial charge < -0.3 is 14.4 Å². The average molecular weight is 593 g/mol. The number of rotatable bonds is 16. The van der Waals surface area contributed by atoms with Crippen LogP contribution in [0.1, 0.15) is 55.3 Å². The van der Waals surface area contributed by atoms with Crippen LogP contribution in [-0.4, -0.2) is 43.1 Å². The van der Waals surface area contributed by atoms with Gasteiger partial charge in [-0.15, -0.1) is 0 Å². The van der Waals surface area contributed by atoms with E-state index in [1.165, 1.54) is 25.3 Å². The van der Waals surface area contributed by atoms with Crippen molar-refractivity contribution in [3.8, 4) is 0 Å². The van der Waals surface area contributed by atoms with Crippen LogP contribution in [0.5, 0.6) is 0 Å². The highest BCUT2D eigenvalue weighted by Crippen LogP contribution is 2.31. The van der Waals surface area contributed by atoms with E-state index in [0.717, 1.165) is 11.3 Å². The van der Waals surface area contributed by atoms with E-state index in [2.05, 4.69) is 77.4 Å². The minimum atomic E-state index is -0.257. The fourth-order valence-electron chi connectivity index (χ4n) is 5.82. The third kappa shape index (κ3) is 9.55. The molecule has 230 valence electrons. The number of carbonyl (C=O) groups is 2. The second kappa shape index (κ2) is 17.0. The molecule has 4 aromatic carbocycles. The van der Waals surface area contributed by atoms with Gasteiger partial charge in [0.15, 0.2) is 0 Å². The number of hydrogen-bond acceptors (Lipinski definition) is 6. The number of para-hydroxylation sites is 1. The van der Waals surface area contributed by atoms with Crippen molar-refractivity contribution in [1.29, 1.82) is 0 Å². The summed E-state index contributed by atoms with van der Waals surface area (Å²) in [6, 6.07) is 41.0. The van der Waals surface area contributed by atoms with Gasteiger partial charge in [0.1, 0.15) is 0 Å². The summed E-state index contributed by atoms with van der Waals surface area (Å²) >= 11 is 0. The predicted molar refractivity (Wildman–Crippen MR) is 176 cm³/mol. The second-order valence-corrected chi connectivity index (χ2v) is 11.1. The fourth-order valence-corrected chi connectivity index (χ4v) is 5.82. The Kier molecular flexibility index (Phi) is 12.6. The molecule has 0 saturated heterocycles. The highest BCUT2D eigenvalue weighted by Gasteiger charge is 2.30. The molecule has 44 heavy (non-hydrogen) atoms. The van der Waals surface area contributed by atoms with Gasteiger partial charge in [-0.3, -0.25) is 14.5 Å². The largest absolute Gasteiger partial charge is 0.469 e. The van der Waals surface area contributed by atoms with E-state index in [1.54, 1.807) is 0 Å². The summed E-state index contributed by atoms with van der Waals surface area (Å²) in [7, 11) is 2.88. The molecule has 6 nitrogen and oxygen atoms in total. The summed E-state index contributed by atoms with van der Waals surface area (Å²) in [6.07, 6.45) is 1.83. The molecule has 0 bridgehead atoms. The van der Waals surface area contributed by atoms with Crippen molar-refractivity contribution in [2.24, 2.45) is 0 Å². The minimum absolute atomic E-state index is 0.0414. The molecule has 0 aliphatic heterocycles. The number of anilines is 1. The number of hydrogen-bond donors (Lipinski definition) is 0. The van der Waals surface area contributed by atoms with Crippen LogP contribution in [0.4, 0.5) is 5.69 Å². The van der Waals surface area contributed by atoms with E-state index in [-0.39, 0.29) is 42.9 Å². The van der Waals surface area contributed by atoms with Crippen LogP contribution in [0.25, 0.3) is 0 Å². The Morgan fingerprint density at radius 3 is 1.55 bits per heavy atom. The lowest BCUT2D eigenvalue weighted by molar-refractivity contribution is -0.143. The molecular formula is C38H44N2O4. The summed E-state index contributed by atoms with van der Waals surface area (Å²) < 4.78 is 10.4. The van der Waals surface area contributed by atoms with Gasteiger partial charge in [0, 0.05) is 36.9 Å². The van der Waals surface area contributed by atoms with E-state index in [0.29, 0.717) is 25.9 Å². The van der Waals surface area contributed by atoms with Crippen LogP contribution in [0.3, 0.4) is 0 Å². The summed E-state index contributed by atoms with van der Waals surface area (Å²) in [6.45, 7) is 3.51. The molecule has 0 aliphatic rings. The first-order valence-corrected chi connectivity index (χ1v) is 15.3. The van der Waals surface area contributed by atoms with E-state index >= 15 is 0 Å². The molecule has 0 heterocycles. The van der Waals surface area contributed by atoms with Crippen LogP contribution in [0.15, 0.2) is 121 Å². The predicted octanol–water partition coefficient (Wildman–Crippen LogP) is 7.60. The molecule has 0 aliphatic carbocycles. The van der Waals surface area contributed by atoms with Crippen molar-refractivity contribution < 1.29 is 19.1 Å². The maximum absolute atomic E-state index is 12.9. The van der Waals surface area contributed by atoms with Gasteiger partial charge in [0.05, 0.1) is 27.1 Å². The number of ether oxygens (including phenoxy) is 2. The van der Waals surface area contributed by atoms with Crippen LogP contribution in [-0.2, 0) is 32.2 Å². The van der Waals surface area contributed by atoms with Gasteiger partial charge in [-0.1, -0.05) is 109 Å². The molecule has 0 radical (unpaired) electrons. The van der Waals surface area contributed by atoms with Gasteiger partial charge in [0.25, 0.3) is 0 Å². The molecule has 0 amide bonds. The van der Waals surface area contributed by atoms with Crippen LogP contribution >= 0.6 is 0 Å². The molecule has 0 saturated carbocycles. The quantitative estimate of drug-likeness (QED) is 0.125. The Balaban J connectivity index is 1.69. The maximum Gasteiger partial charge on any atom is 0.307 e. The zero-order valence-corrected chi connectivity index (χ0v) is 26.0. The van der Waals surface area contributed by atoms with E-state index in [4.69, 9.17) is 9.47 Å². The molecule has 3 atom stereocenters. The first kappa shape index (κ1) is 32.5. The van der Waals surface area contributed by atoms with Crippen molar-refractivity contribution in [3.63, 3.8) is 0 Å². The highest BCUT2D eigenvalue weighted by atomic mass is 16.5. The van der Waals surface area contributed by atoms with Gasteiger partial charge >= 0.3 is 11.9 Å². The highest BCUT2D eigenvalue weighted by molar-refractivity contribution is 5.71. The fraction of sp³-hybridized carbons (Fsp3) is 0.316. The molecule has 4 rings (SSSR count). The topological polar surface area (TPSA) is 59.1 Å². The lowest BCUT2D eigenvalue weighted by Gasteiger charge is -2.39. The van der Waals surface area contributed by atoms with Crippen molar-refractivity contribution in [3.05, 3.63) is 138 Å². The summed E-state index contributed by atoms with van der Waals surface area (Å²) in [5.41, 5.74) is 4.54.